The number of nitrogens with one attached hydrogen (secondary N) is 1. The molecule has 1 aromatic carbocycles. The summed E-state index contributed by atoms with van der Waals surface area (Å²) in [6.07, 6.45) is 1.26. The topological polar surface area (TPSA) is 24.5 Å². The van der Waals surface area contributed by atoms with Crippen molar-refractivity contribution in [2.24, 2.45) is 0 Å². The lowest BCUT2D eigenvalue weighted by Crippen LogP contribution is -2.39. The van der Waals surface area contributed by atoms with Crippen LogP contribution in [0.2, 0.25) is 0 Å². The fraction of sp³-hybridized carbons (Fsp3) is 0.600. The molecule has 100 valence electrons. The van der Waals surface area contributed by atoms with Crippen LogP contribution in [0.1, 0.15) is 18.9 Å². The van der Waals surface area contributed by atoms with Crippen molar-refractivity contribution in [2.75, 3.05) is 32.8 Å². The molecule has 0 aromatic heterocycles. The molecule has 1 fully saturated rings. The number of ether oxygens (including phenoxy) is 1. The predicted molar refractivity (Wildman–Crippen MR) is 75.2 cm³/mol. The van der Waals surface area contributed by atoms with E-state index in [9.17, 15) is 0 Å². The molecule has 0 saturated carbocycles. The van der Waals surface area contributed by atoms with E-state index in [0.717, 1.165) is 38.5 Å². The first kappa shape index (κ1) is 13.4. The van der Waals surface area contributed by atoms with Crippen molar-refractivity contribution >= 4 is 0 Å². The third-order valence-corrected chi connectivity index (χ3v) is 3.69. The summed E-state index contributed by atoms with van der Waals surface area (Å²) < 4.78 is 5.87. The first-order chi connectivity index (χ1) is 8.81. The second kappa shape index (κ2) is 6.76. The fourth-order valence-corrected chi connectivity index (χ4v) is 2.54. The summed E-state index contributed by atoms with van der Waals surface area (Å²) in [5.74, 6) is 1.01. The molecule has 2 rings (SSSR count). The van der Waals surface area contributed by atoms with E-state index in [2.05, 4.69) is 30.1 Å². The van der Waals surface area contributed by atoms with Gasteiger partial charge in [-0.2, -0.15) is 0 Å². The summed E-state index contributed by atoms with van der Waals surface area (Å²) in [7, 11) is 0. The van der Waals surface area contributed by atoms with Gasteiger partial charge in [0.25, 0.3) is 0 Å². The van der Waals surface area contributed by atoms with E-state index in [-0.39, 0.29) is 0 Å². The maximum absolute atomic E-state index is 5.87. The van der Waals surface area contributed by atoms with Gasteiger partial charge in [-0.1, -0.05) is 25.1 Å². The number of para-hydroxylation sites is 1. The minimum Gasteiger partial charge on any atom is -0.492 e. The van der Waals surface area contributed by atoms with Crippen LogP contribution in [0.5, 0.6) is 5.75 Å². The van der Waals surface area contributed by atoms with E-state index >= 15 is 0 Å². The number of likely N-dealkylation sites (N-methyl/N-ethyl adjacent to an activating group) is 1. The summed E-state index contributed by atoms with van der Waals surface area (Å²) in [6.45, 7) is 9.48. The monoisotopic (exact) mass is 248 g/mol. The van der Waals surface area contributed by atoms with Gasteiger partial charge in [0.15, 0.2) is 0 Å². The minimum atomic E-state index is 0.690. The Balaban J connectivity index is 1.78. The molecule has 1 aliphatic heterocycles. The zero-order valence-electron chi connectivity index (χ0n) is 11.5. The highest BCUT2D eigenvalue weighted by molar-refractivity contribution is 5.31. The van der Waals surface area contributed by atoms with Crippen molar-refractivity contribution in [3.8, 4) is 5.75 Å². The van der Waals surface area contributed by atoms with E-state index in [4.69, 9.17) is 4.74 Å². The van der Waals surface area contributed by atoms with Crippen LogP contribution in [0, 0.1) is 6.92 Å². The molecule has 0 spiro atoms. The van der Waals surface area contributed by atoms with Crippen LogP contribution >= 0.6 is 0 Å². The van der Waals surface area contributed by atoms with Gasteiger partial charge < -0.3 is 10.1 Å². The molecule has 1 atom stereocenters. The molecular formula is C15H24N2O. The molecular weight excluding hydrogens is 224 g/mol. The van der Waals surface area contributed by atoms with Crippen molar-refractivity contribution in [1.82, 2.24) is 10.2 Å². The Hall–Kier alpha value is -1.06. The highest BCUT2D eigenvalue weighted by Crippen LogP contribution is 2.16. The van der Waals surface area contributed by atoms with Crippen LogP contribution in [0.4, 0.5) is 0 Å². The molecule has 1 aliphatic rings. The summed E-state index contributed by atoms with van der Waals surface area (Å²) in [4.78, 5) is 2.51. The maximum atomic E-state index is 5.87. The number of hydrogen-bond donors (Lipinski definition) is 1. The molecule has 1 aromatic rings. The lowest BCUT2D eigenvalue weighted by molar-refractivity contribution is 0.174. The molecule has 3 nitrogen and oxygen atoms in total. The molecule has 0 amide bonds. The summed E-state index contributed by atoms with van der Waals surface area (Å²) in [5.41, 5.74) is 1.21. The Labute approximate surface area is 110 Å². The van der Waals surface area contributed by atoms with E-state index in [0.29, 0.717) is 6.04 Å². The lowest BCUT2D eigenvalue weighted by atomic mass is 10.2. The number of aryl methyl sites for hydroxylation is 1. The Bertz CT molecular complexity index is 361. The van der Waals surface area contributed by atoms with Crippen LogP contribution in [0.25, 0.3) is 0 Å². The van der Waals surface area contributed by atoms with Crippen LogP contribution in [0.15, 0.2) is 24.3 Å². The Kier molecular flexibility index (Phi) is 5.02. The normalized spacial score (nSPS) is 19.4. The van der Waals surface area contributed by atoms with Gasteiger partial charge in [-0.05, 0) is 38.1 Å². The fourth-order valence-electron chi connectivity index (χ4n) is 2.54. The van der Waals surface area contributed by atoms with Crippen molar-refractivity contribution in [3.63, 3.8) is 0 Å². The summed E-state index contributed by atoms with van der Waals surface area (Å²) >= 11 is 0. The molecule has 3 heteroatoms. The van der Waals surface area contributed by atoms with Crippen LogP contribution in [-0.2, 0) is 0 Å². The van der Waals surface area contributed by atoms with E-state index in [1.807, 2.05) is 18.2 Å². The average molecular weight is 248 g/mol. The van der Waals surface area contributed by atoms with Gasteiger partial charge in [0.1, 0.15) is 12.4 Å². The smallest absolute Gasteiger partial charge is 0.122 e. The molecule has 18 heavy (non-hydrogen) atoms. The summed E-state index contributed by atoms with van der Waals surface area (Å²) in [5, 5.41) is 3.42. The SMILES string of the molecule is CCN(CCOc1ccccc1C)C1CCNC1. The van der Waals surface area contributed by atoms with Gasteiger partial charge in [0.2, 0.25) is 0 Å². The molecule has 1 unspecified atom stereocenters. The highest BCUT2D eigenvalue weighted by Gasteiger charge is 2.20. The average Bonchev–Trinajstić information content (AvgIpc) is 2.90. The second-order valence-corrected chi connectivity index (χ2v) is 4.89. The summed E-state index contributed by atoms with van der Waals surface area (Å²) in [6, 6.07) is 8.90. The van der Waals surface area contributed by atoms with E-state index < -0.39 is 0 Å². The number of rotatable bonds is 6. The molecule has 1 N–H and O–H groups in total. The van der Waals surface area contributed by atoms with Gasteiger partial charge in [-0.25, -0.2) is 0 Å². The Morgan fingerprint density at radius 2 is 2.22 bits per heavy atom. The lowest BCUT2D eigenvalue weighted by Gasteiger charge is -2.26. The zero-order valence-corrected chi connectivity index (χ0v) is 11.5. The predicted octanol–water partition coefficient (Wildman–Crippen LogP) is 2.06. The van der Waals surface area contributed by atoms with Crippen LogP contribution in [-0.4, -0.2) is 43.7 Å². The number of nitrogens with zero attached hydrogens (tertiary/aromatic N) is 1. The van der Waals surface area contributed by atoms with Gasteiger partial charge in [0.05, 0.1) is 0 Å². The molecule has 0 bridgehead atoms. The van der Waals surface area contributed by atoms with Crippen molar-refractivity contribution in [3.05, 3.63) is 29.8 Å². The third-order valence-electron chi connectivity index (χ3n) is 3.69. The largest absolute Gasteiger partial charge is 0.492 e. The Morgan fingerprint density at radius 1 is 1.39 bits per heavy atom. The van der Waals surface area contributed by atoms with Gasteiger partial charge in [-0.3, -0.25) is 4.90 Å². The van der Waals surface area contributed by atoms with Crippen molar-refractivity contribution < 1.29 is 4.74 Å². The molecule has 0 aliphatic carbocycles. The van der Waals surface area contributed by atoms with Crippen molar-refractivity contribution in [2.45, 2.75) is 26.3 Å². The van der Waals surface area contributed by atoms with E-state index in [1.165, 1.54) is 12.0 Å². The maximum Gasteiger partial charge on any atom is 0.122 e. The van der Waals surface area contributed by atoms with Gasteiger partial charge in [-0.15, -0.1) is 0 Å². The quantitative estimate of drug-likeness (QED) is 0.834. The third kappa shape index (κ3) is 3.47. The van der Waals surface area contributed by atoms with E-state index in [1.54, 1.807) is 0 Å². The minimum absolute atomic E-state index is 0.690. The second-order valence-electron chi connectivity index (χ2n) is 4.89. The zero-order chi connectivity index (χ0) is 12.8. The van der Waals surface area contributed by atoms with Gasteiger partial charge in [0, 0.05) is 19.1 Å². The standard InChI is InChI=1S/C15H24N2O/c1-3-17(14-8-9-16-12-14)10-11-18-15-7-5-4-6-13(15)2/h4-7,14,16H,3,8-12H2,1-2H3. The molecule has 0 radical (unpaired) electrons. The number of benzene rings is 1. The molecule has 1 saturated heterocycles. The first-order valence-electron chi connectivity index (χ1n) is 6.94. The van der Waals surface area contributed by atoms with Gasteiger partial charge >= 0.3 is 0 Å². The Morgan fingerprint density at radius 3 is 2.89 bits per heavy atom. The van der Waals surface area contributed by atoms with Crippen LogP contribution in [0.3, 0.4) is 0 Å². The number of hydrogen-bond acceptors (Lipinski definition) is 3. The van der Waals surface area contributed by atoms with Crippen molar-refractivity contribution in [1.29, 1.82) is 0 Å². The first-order valence-corrected chi connectivity index (χ1v) is 6.94. The molecule has 1 heterocycles. The highest BCUT2D eigenvalue weighted by atomic mass is 16.5. The van der Waals surface area contributed by atoms with Crippen LogP contribution < -0.4 is 10.1 Å².